The van der Waals surface area contributed by atoms with Crippen molar-refractivity contribution in [3.63, 3.8) is 0 Å². The smallest absolute Gasteiger partial charge is 0.0506 e. The van der Waals surface area contributed by atoms with Crippen LogP contribution >= 0.6 is 0 Å². The second kappa shape index (κ2) is 7.52. The lowest BCUT2D eigenvalue weighted by molar-refractivity contribution is 0.291. The molecule has 0 saturated heterocycles. The van der Waals surface area contributed by atoms with Gasteiger partial charge in [0, 0.05) is 22.1 Å². The predicted molar refractivity (Wildman–Crippen MR) is 76.8 cm³/mol. The van der Waals surface area contributed by atoms with Gasteiger partial charge < -0.3 is 5.32 Å². The molecule has 1 N–H and O–H groups in total. The highest BCUT2D eigenvalue weighted by molar-refractivity contribution is 7.86. The van der Waals surface area contributed by atoms with Crippen molar-refractivity contribution < 1.29 is 4.21 Å². The van der Waals surface area contributed by atoms with E-state index >= 15 is 0 Å². The quantitative estimate of drug-likeness (QED) is 0.794. The summed E-state index contributed by atoms with van der Waals surface area (Å²) < 4.78 is 12.5. The molecular weight excluding hydrogens is 230 g/mol. The molecule has 5 atom stereocenters. The van der Waals surface area contributed by atoms with Gasteiger partial charge in [0.15, 0.2) is 0 Å². The zero-order valence-corrected chi connectivity index (χ0v) is 12.7. The molecule has 0 spiro atoms. The maximum Gasteiger partial charge on any atom is 0.0506 e. The molecular formula is C14H29NOS. The summed E-state index contributed by atoms with van der Waals surface area (Å²) in [4.78, 5) is 0. The Morgan fingerprint density at radius 2 is 2.06 bits per heavy atom. The summed E-state index contributed by atoms with van der Waals surface area (Å²) in [6, 6.07) is 0.470. The number of rotatable bonds is 6. The normalized spacial score (nSPS) is 33.3. The number of hydrogen-bond donors (Lipinski definition) is 1. The average Bonchev–Trinajstić information content (AvgIpc) is 2.37. The van der Waals surface area contributed by atoms with E-state index in [2.05, 4.69) is 26.1 Å². The Morgan fingerprint density at radius 3 is 2.59 bits per heavy atom. The third-order valence-corrected chi connectivity index (χ3v) is 6.48. The first-order chi connectivity index (χ1) is 8.13. The van der Waals surface area contributed by atoms with Crippen molar-refractivity contribution in [3.8, 4) is 0 Å². The molecule has 0 heterocycles. The summed E-state index contributed by atoms with van der Waals surface area (Å²) in [6.45, 7) is 6.53. The molecule has 0 aliphatic heterocycles. The van der Waals surface area contributed by atoms with Crippen molar-refractivity contribution in [2.45, 2.75) is 75.8 Å². The lowest BCUT2D eigenvalue weighted by Crippen LogP contribution is -2.46. The fourth-order valence-corrected chi connectivity index (χ4v) is 4.91. The second-order valence-electron chi connectivity index (χ2n) is 5.45. The summed E-state index contributed by atoms with van der Waals surface area (Å²) in [7, 11) is 1.35. The largest absolute Gasteiger partial charge is 0.316 e. The van der Waals surface area contributed by atoms with Crippen molar-refractivity contribution in [1.82, 2.24) is 5.32 Å². The van der Waals surface area contributed by atoms with E-state index in [1.54, 1.807) is 0 Å². The van der Waals surface area contributed by atoms with E-state index in [1.165, 1.54) is 25.7 Å². The van der Waals surface area contributed by atoms with Crippen LogP contribution in [0.3, 0.4) is 0 Å². The molecule has 0 aromatic rings. The topological polar surface area (TPSA) is 29.1 Å². The van der Waals surface area contributed by atoms with Gasteiger partial charge in [0.25, 0.3) is 0 Å². The average molecular weight is 259 g/mol. The molecule has 5 unspecified atom stereocenters. The minimum atomic E-state index is -0.668. The molecule has 0 radical (unpaired) electrons. The summed E-state index contributed by atoms with van der Waals surface area (Å²) in [5.74, 6) is 0.808. The number of hydrogen-bond acceptors (Lipinski definition) is 2. The summed E-state index contributed by atoms with van der Waals surface area (Å²) >= 11 is 0. The van der Waals surface area contributed by atoms with Crippen LogP contribution in [0.4, 0.5) is 0 Å². The highest BCUT2D eigenvalue weighted by Gasteiger charge is 2.34. The zero-order valence-electron chi connectivity index (χ0n) is 11.9. The van der Waals surface area contributed by atoms with Gasteiger partial charge in [0.2, 0.25) is 0 Å². The molecule has 0 amide bonds. The highest BCUT2D eigenvalue weighted by Crippen LogP contribution is 2.32. The fourth-order valence-electron chi connectivity index (χ4n) is 2.93. The molecule has 3 heteroatoms. The van der Waals surface area contributed by atoms with Crippen LogP contribution in [0, 0.1) is 5.92 Å². The maximum atomic E-state index is 12.5. The lowest BCUT2D eigenvalue weighted by atomic mass is 9.83. The highest BCUT2D eigenvalue weighted by atomic mass is 32.2. The minimum Gasteiger partial charge on any atom is -0.316 e. The number of nitrogens with one attached hydrogen (secondary N) is 1. The van der Waals surface area contributed by atoms with Gasteiger partial charge >= 0.3 is 0 Å². The van der Waals surface area contributed by atoms with Gasteiger partial charge in [-0.25, -0.2) is 0 Å². The SMILES string of the molecule is CCCC1CCC(NC)C(S(=O)C(C)CC)C1. The van der Waals surface area contributed by atoms with Crippen molar-refractivity contribution in [2.24, 2.45) is 5.92 Å². The zero-order chi connectivity index (χ0) is 12.8. The molecule has 102 valence electrons. The van der Waals surface area contributed by atoms with Crippen molar-refractivity contribution in [1.29, 1.82) is 0 Å². The molecule has 1 saturated carbocycles. The monoisotopic (exact) mass is 259 g/mol. The molecule has 1 fully saturated rings. The van der Waals surface area contributed by atoms with Gasteiger partial charge in [0.05, 0.1) is 5.25 Å². The summed E-state index contributed by atoms with van der Waals surface area (Å²) in [5, 5.41) is 4.10. The Hall–Kier alpha value is 0.110. The second-order valence-corrected chi connectivity index (χ2v) is 7.52. The molecule has 1 rings (SSSR count). The van der Waals surface area contributed by atoms with Crippen LogP contribution in [-0.4, -0.2) is 27.8 Å². The van der Waals surface area contributed by atoms with Gasteiger partial charge in [0.1, 0.15) is 0 Å². The van der Waals surface area contributed by atoms with E-state index in [1.807, 2.05) is 7.05 Å². The minimum absolute atomic E-state index is 0.344. The van der Waals surface area contributed by atoms with Gasteiger partial charge in [-0.2, -0.15) is 0 Å². The van der Waals surface area contributed by atoms with Crippen LogP contribution in [0.1, 0.15) is 59.3 Å². The molecule has 1 aliphatic carbocycles. The molecule has 2 nitrogen and oxygen atoms in total. The van der Waals surface area contributed by atoms with E-state index in [9.17, 15) is 4.21 Å². The predicted octanol–water partition coefficient (Wildman–Crippen LogP) is 3.09. The van der Waals surface area contributed by atoms with Crippen LogP contribution in [0.2, 0.25) is 0 Å². The molecule has 17 heavy (non-hydrogen) atoms. The van der Waals surface area contributed by atoms with Crippen molar-refractivity contribution >= 4 is 10.8 Å². The maximum absolute atomic E-state index is 12.5. The van der Waals surface area contributed by atoms with Crippen molar-refractivity contribution in [2.75, 3.05) is 7.05 Å². The standard InChI is InChI=1S/C14H29NOS/c1-5-7-12-8-9-13(15-4)14(10-12)17(16)11(3)6-2/h11-15H,5-10H2,1-4H3. The Morgan fingerprint density at radius 1 is 1.35 bits per heavy atom. The van der Waals surface area contributed by atoms with E-state index in [0.29, 0.717) is 16.5 Å². The van der Waals surface area contributed by atoms with Crippen LogP contribution in [0.15, 0.2) is 0 Å². The van der Waals surface area contributed by atoms with Gasteiger partial charge in [-0.1, -0.05) is 33.6 Å². The first kappa shape index (κ1) is 15.2. The molecule has 0 bridgehead atoms. The summed E-state index contributed by atoms with van der Waals surface area (Å²) in [6.07, 6.45) is 7.28. The van der Waals surface area contributed by atoms with E-state index in [4.69, 9.17) is 0 Å². The van der Waals surface area contributed by atoms with Gasteiger partial charge in [-0.05, 0) is 38.6 Å². The summed E-state index contributed by atoms with van der Waals surface area (Å²) in [5.41, 5.74) is 0. The van der Waals surface area contributed by atoms with Gasteiger partial charge in [-0.3, -0.25) is 4.21 Å². The lowest BCUT2D eigenvalue weighted by Gasteiger charge is -2.36. The van der Waals surface area contributed by atoms with E-state index in [0.717, 1.165) is 18.8 Å². The third-order valence-electron chi connectivity index (χ3n) is 4.24. The fraction of sp³-hybridized carbons (Fsp3) is 1.00. The van der Waals surface area contributed by atoms with Crippen LogP contribution < -0.4 is 5.32 Å². The van der Waals surface area contributed by atoms with E-state index in [-0.39, 0.29) is 0 Å². The van der Waals surface area contributed by atoms with Gasteiger partial charge in [-0.15, -0.1) is 0 Å². The van der Waals surface area contributed by atoms with Crippen LogP contribution in [0.25, 0.3) is 0 Å². The van der Waals surface area contributed by atoms with E-state index < -0.39 is 10.8 Å². The Kier molecular flexibility index (Phi) is 6.71. The Balaban J connectivity index is 2.65. The van der Waals surface area contributed by atoms with Crippen LogP contribution in [0.5, 0.6) is 0 Å². The Labute approximate surface area is 109 Å². The molecule has 0 aromatic heterocycles. The first-order valence-corrected chi connectivity index (χ1v) is 8.48. The molecule has 0 aromatic carbocycles. The third kappa shape index (κ3) is 4.06. The Bertz CT molecular complexity index is 244. The van der Waals surface area contributed by atoms with Crippen molar-refractivity contribution in [3.05, 3.63) is 0 Å². The molecule has 1 aliphatic rings. The first-order valence-electron chi connectivity index (χ1n) is 7.20. The van der Waals surface area contributed by atoms with Crippen LogP contribution in [-0.2, 0) is 10.8 Å².